The summed E-state index contributed by atoms with van der Waals surface area (Å²) < 4.78 is 5.31. The summed E-state index contributed by atoms with van der Waals surface area (Å²) in [5.74, 6) is -0.0187. The van der Waals surface area contributed by atoms with Gasteiger partial charge in [0.05, 0.1) is 18.4 Å². The Morgan fingerprint density at radius 2 is 2.00 bits per heavy atom. The molecule has 4 heteroatoms. The van der Waals surface area contributed by atoms with E-state index in [1.807, 2.05) is 31.2 Å². The van der Waals surface area contributed by atoms with Crippen molar-refractivity contribution in [2.45, 2.75) is 13.5 Å². The van der Waals surface area contributed by atoms with Crippen molar-refractivity contribution in [1.82, 2.24) is 0 Å². The van der Waals surface area contributed by atoms with E-state index >= 15 is 0 Å². The van der Waals surface area contributed by atoms with Crippen LogP contribution >= 0.6 is 0 Å². The van der Waals surface area contributed by atoms with Crippen molar-refractivity contribution in [3.8, 4) is 0 Å². The standard InChI is InChI=1S/C14H15NO3/c1-2-15(10-13-4-3-9-18-13)12-7-5-11(6-8-12)14(16)17/h3-9H,2,10H2,1H3,(H,16,17). The highest BCUT2D eigenvalue weighted by atomic mass is 16.4. The number of benzene rings is 1. The van der Waals surface area contributed by atoms with Crippen LogP contribution in [0.5, 0.6) is 0 Å². The number of hydrogen-bond donors (Lipinski definition) is 1. The van der Waals surface area contributed by atoms with E-state index in [2.05, 4.69) is 4.90 Å². The maximum Gasteiger partial charge on any atom is 0.335 e. The normalized spacial score (nSPS) is 10.3. The zero-order chi connectivity index (χ0) is 13.0. The lowest BCUT2D eigenvalue weighted by molar-refractivity contribution is 0.0697. The number of nitrogens with zero attached hydrogens (tertiary/aromatic N) is 1. The van der Waals surface area contributed by atoms with Crippen LogP contribution in [0.2, 0.25) is 0 Å². The lowest BCUT2D eigenvalue weighted by Gasteiger charge is -2.21. The van der Waals surface area contributed by atoms with Gasteiger partial charge in [-0.1, -0.05) is 0 Å². The molecule has 0 bridgehead atoms. The van der Waals surface area contributed by atoms with E-state index < -0.39 is 5.97 Å². The third kappa shape index (κ3) is 2.71. The Morgan fingerprint density at radius 3 is 2.50 bits per heavy atom. The van der Waals surface area contributed by atoms with Gasteiger partial charge >= 0.3 is 5.97 Å². The maximum absolute atomic E-state index is 10.8. The Balaban J connectivity index is 2.14. The van der Waals surface area contributed by atoms with Crippen molar-refractivity contribution < 1.29 is 14.3 Å². The Morgan fingerprint density at radius 1 is 1.28 bits per heavy atom. The number of aromatic carboxylic acids is 1. The highest BCUT2D eigenvalue weighted by Crippen LogP contribution is 2.18. The topological polar surface area (TPSA) is 53.7 Å². The first kappa shape index (κ1) is 12.2. The summed E-state index contributed by atoms with van der Waals surface area (Å²) >= 11 is 0. The molecule has 18 heavy (non-hydrogen) atoms. The van der Waals surface area contributed by atoms with Crippen molar-refractivity contribution in [2.75, 3.05) is 11.4 Å². The monoisotopic (exact) mass is 245 g/mol. The second kappa shape index (κ2) is 5.40. The minimum Gasteiger partial charge on any atom is -0.478 e. The molecule has 94 valence electrons. The van der Waals surface area contributed by atoms with Crippen molar-refractivity contribution in [3.05, 3.63) is 54.0 Å². The largest absolute Gasteiger partial charge is 0.478 e. The summed E-state index contributed by atoms with van der Waals surface area (Å²) in [6.07, 6.45) is 1.65. The van der Waals surface area contributed by atoms with Gasteiger partial charge in [-0.05, 0) is 43.3 Å². The fraction of sp³-hybridized carbons (Fsp3) is 0.214. The summed E-state index contributed by atoms with van der Waals surface area (Å²) in [6.45, 7) is 3.55. The van der Waals surface area contributed by atoms with Gasteiger partial charge in [0, 0.05) is 12.2 Å². The molecule has 0 atom stereocenters. The average molecular weight is 245 g/mol. The highest BCUT2D eigenvalue weighted by Gasteiger charge is 2.08. The van der Waals surface area contributed by atoms with Gasteiger partial charge in [0.25, 0.3) is 0 Å². The minimum atomic E-state index is -0.907. The van der Waals surface area contributed by atoms with Crippen molar-refractivity contribution >= 4 is 11.7 Å². The van der Waals surface area contributed by atoms with Crippen LogP contribution in [0.25, 0.3) is 0 Å². The lowest BCUT2D eigenvalue weighted by atomic mass is 10.2. The quantitative estimate of drug-likeness (QED) is 0.879. The predicted molar refractivity (Wildman–Crippen MR) is 68.8 cm³/mol. The number of hydrogen-bond acceptors (Lipinski definition) is 3. The molecule has 4 nitrogen and oxygen atoms in total. The summed E-state index contributed by atoms with van der Waals surface area (Å²) in [5, 5.41) is 8.85. The average Bonchev–Trinajstić information content (AvgIpc) is 2.89. The predicted octanol–water partition coefficient (Wildman–Crippen LogP) is 3.00. The van der Waals surface area contributed by atoms with Crippen LogP contribution in [0.1, 0.15) is 23.0 Å². The Bertz CT molecular complexity index is 502. The zero-order valence-corrected chi connectivity index (χ0v) is 10.2. The van der Waals surface area contributed by atoms with E-state index in [0.29, 0.717) is 12.1 Å². The molecule has 0 aliphatic rings. The molecule has 0 aliphatic heterocycles. The van der Waals surface area contributed by atoms with Crippen LogP contribution < -0.4 is 4.90 Å². The molecule has 0 fully saturated rings. The number of carbonyl (C=O) groups is 1. The lowest BCUT2D eigenvalue weighted by Crippen LogP contribution is -2.21. The van der Waals surface area contributed by atoms with Gasteiger partial charge in [-0.25, -0.2) is 4.79 Å². The first-order chi connectivity index (χ1) is 8.70. The molecular weight excluding hydrogens is 230 g/mol. The van der Waals surface area contributed by atoms with Crippen molar-refractivity contribution in [2.24, 2.45) is 0 Å². The van der Waals surface area contributed by atoms with Gasteiger partial charge in [-0.15, -0.1) is 0 Å². The number of carboxylic acids is 1. The van der Waals surface area contributed by atoms with Gasteiger partial charge in [0.1, 0.15) is 5.76 Å². The van der Waals surface area contributed by atoms with Crippen LogP contribution in [0.15, 0.2) is 47.1 Å². The van der Waals surface area contributed by atoms with Crippen molar-refractivity contribution in [3.63, 3.8) is 0 Å². The molecule has 0 aliphatic carbocycles. The van der Waals surface area contributed by atoms with E-state index in [4.69, 9.17) is 9.52 Å². The van der Waals surface area contributed by atoms with Gasteiger partial charge in [0.2, 0.25) is 0 Å². The van der Waals surface area contributed by atoms with Crippen LogP contribution in [-0.4, -0.2) is 17.6 Å². The van der Waals surface area contributed by atoms with Gasteiger partial charge < -0.3 is 14.4 Å². The number of furan rings is 1. The molecular formula is C14H15NO3. The highest BCUT2D eigenvalue weighted by molar-refractivity contribution is 5.88. The van der Waals surface area contributed by atoms with Gasteiger partial charge in [-0.3, -0.25) is 0 Å². The van der Waals surface area contributed by atoms with E-state index in [0.717, 1.165) is 18.0 Å². The van der Waals surface area contributed by atoms with E-state index in [9.17, 15) is 4.79 Å². The molecule has 2 rings (SSSR count). The molecule has 2 aromatic rings. The maximum atomic E-state index is 10.8. The van der Waals surface area contributed by atoms with Crippen LogP contribution in [0.3, 0.4) is 0 Å². The first-order valence-electron chi connectivity index (χ1n) is 5.81. The molecule has 1 heterocycles. The third-order valence-corrected chi connectivity index (χ3v) is 2.79. The Hall–Kier alpha value is -2.23. The van der Waals surface area contributed by atoms with Gasteiger partial charge in [-0.2, -0.15) is 0 Å². The molecule has 1 aromatic heterocycles. The molecule has 0 unspecified atom stereocenters. The minimum absolute atomic E-state index is 0.299. The summed E-state index contributed by atoms with van der Waals surface area (Å²) in [6, 6.07) is 10.6. The van der Waals surface area contributed by atoms with Crippen molar-refractivity contribution in [1.29, 1.82) is 0 Å². The number of carboxylic acid groups (broad SMARTS) is 1. The van der Waals surface area contributed by atoms with E-state index in [-0.39, 0.29) is 0 Å². The van der Waals surface area contributed by atoms with Crippen LogP contribution in [0.4, 0.5) is 5.69 Å². The molecule has 0 spiro atoms. The van der Waals surface area contributed by atoms with Crippen LogP contribution in [0, 0.1) is 0 Å². The fourth-order valence-corrected chi connectivity index (χ4v) is 1.79. The Kier molecular flexibility index (Phi) is 3.67. The number of rotatable bonds is 5. The summed E-state index contributed by atoms with van der Waals surface area (Å²) in [4.78, 5) is 12.9. The molecule has 0 amide bonds. The van der Waals surface area contributed by atoms with E-state index in [1.54, 1.807) is 18.4 Å². The molecule has 0 saturated carbocycles. The zero-order valence-electron chi connectivity index (χ0n) is 10.2. The van der Waals surface area contributed by atoms with E-state index in [1.165, 1.54) is 0 Å². The van der Waals surface area contributed by atoms with Gasteiger partial charge in [0.15, 0.2) is 0 Å². The first-order valence-corrected chi connectivity index (χ1v) is 5.81. The molecule has 1 aromatic carbocycles. The molecule has 0 saturated heterocycles. The fourth-order valence-electron chi connectivity index (χ4n) is 1.79. The molecule has 1 N–H and O–H groups in total. The van der Waals surface area contributed by atoms with Crippen LogP contribution in [-0.2, 0) is 6.54 Å². The summed E-state index contributed by atoms with van der Waals surface area (Å²) in [5.41, 5.74) is 1.28. The second-order valence-electron chi connectivity index (χ2n) is 3.95. The smallest absolute Gasteiger partial charge is 0.335 e. The SMILES string of the molecule is CCN(Cc1ccco1)c1ccc(C(=O)O)cc1. The Labute approximate surface area is 105 Å². The number of anilines is 1. The second-order valence-corrected chi connectivity index (χ2v) is 3.95. The summed E-state index contributed by atoms with van der Waals surface area (Å²) in [7, 11) is 0. The third-order valence-electron chi connectivity index (χ3n) is 2.79. The molecule has 0 radical (unpaired) electrons.